The van der Waals surface area contributed by atoms with Crippen molar-refractivity contribution in [1.29, 1.82) is 0 Å². The highest BCUT2D eigenvalue weighted by molar-refractivity contribution is 8.55. The summed E-state index contributed by atoms with van der Waals surface area (Å²) >= 11 is 1.05. The van der Waals surface area contributed by atoms with Gasteiger partial charge in [0, 0.05) is 0 Å². The van der Waals surface area contributed by atoms with Gasteiger partial charge in [0.05, 0.1) is 19.0 Å². The Bertz CT molecular complexity index is 189. The van der Waals surface area contributed by atoms with Crippen molar-refractivity contribution in [2.75, 3.05) is 19.0 Å². The monoisotopic (exact) mass is 208 g/mol. The van der Waals surface area contributed by atoms with Gasteiger partial charge in [0.2, 0.25) is 0 Å². The van der Waals surface area contributed by atoms with Gasteiger partial charge in [-0.15, -0.1) is 6.42 Å². The molecule has 0 unspecified atom stereocenters. The molecule has 70 valence electrons. The van der Waals surface area contributed by atoms with Crippen LogP contribution in [0, 0.1) is 12.3 Å². The average Bonchev–Trinajstić information content (AvgIpc) is 2.02. The molecular weight excluding hydrogens is 195 g/mol. The van der Waals surface area contributed by atoms with Crippen LogP contribution < -0.4 is 0 Å². The standard InChI is InChI=1S/C7H13O3PS/c1-4-7-12-11(8,9-5-2)10-6-3/h1H,5-7H2,2-3H3. The Hall–Kier alpha value is 0.0600. The zero-order chi connectivity index (χ0) is 9.45. The predicted octanol–water partition coefficient (Wildman–Crippen LogP) is 2.53. The predicted molar refractivity (Wildman–Crippen MR) is 52.1 cm³/mol. The summed E-state index contributed by atoms with van der Waals surface area (Å²) in [5, 5.41) is 0. The first-order chi connectivity index (χ1) is 5.68. The minimum Gasteiger partial charge on any atom is -0.301 e. The molecule has 3 nitrogen and oxygen atoms in total. The van der Waals surface area contributed by atoms with Gasteiger partial charge in [-0.25, -0.2) is 4.57 Å². The summed E-state index contributed by atoms with van der Waals surface area (Å²) in [7, 11) is 0. The van der Waals surface area contributed by atoms with E-state index in [1.807, 2.05) is 0 Å². The molecule has 5 heteroatoms. The van der Waals surface area contributed by atoms with Crippen LogP contribution in [0.15, 0.2) is 0 Å². The second-order valence-electron chi connectivity index (χ2n) is 1.76. The fraction of sp³-hybridized carbons (Fsp3) is 0.714. The van der Waals surface area contributed by atoms with E-state index in [2.05, 4.69) is 5.92 Å². The van der Waals surface area contributed by atoms with Crippen molar-refractivity contribution in [2.45, 2.75) is 13.8 Å². The van der Waals surface area contributed by atoms with Gasteiger partial charge in [-0.3, -0.25) is 0 Å². The van der Waals surface area contributed by atoms with Crippen LogP contribution in [0.1, 0.15) is 13.8 Å². The minimum absolute atomic E-state index is 0.345. The second kappa shape index (κ2) is 6.56. The van der Waals surface area contributed by atoms with Crippen LogP contribution >= 0.6 is 18.2 Å². The lowest BCUT2D eigenvalue weighted by molar-refractivity contribution is 0.237. The fourth-order valence-corrected chi connectivity index (χ4v) is 3.41. The van der Waals surface area contributed by atoms with Crippen LogP contribution in [0.3, 0.4) is 0 Å². The molecule has 0 N–H and O–H groups in total. The van der Waals surface area contributed by atoms with Crippen molar-refractivity contribution in [3.8, 4) is 12.3 Å². The Morgan fingerprint density at radius 3 is 2.25 bits per heavy atom. The van der Waals surface area contributed by atoms with E-state index in [0.29, 0.717) is 19.0 Å². The Balaban J connectivity index is 4.01. The minimum atomic E-state index is -2.96. The van der Waals surface area contributed by atoms with Gasteiger partial charge >= 0.3 is 6.80 Å². The third kappa shape index (κ3) is 4.84. The topological polar surface area (TPSA) is 35.5 Å². The lowest BCUT2D eigenvalue weighted by Crippen LogP contribution is -1.92. The van der Waals surface area contributed by atoms with E-state index in [1.54, 1.807) is 13.8 Å². The molecule has 0 aromatic rings. The van der Waals surface area contributed by atoms with E-state index in [9.17, 15) is 4.57 Å². The van der Waals surface area contributed by atoms with Gasteiger partial charge in [0.1, 0.15) is 0 Å². The van der Waals surface area contributed by atoms with E-state index >= 15 is 0 Å². The summed E-state index contributed by atoms with van der Waals surface area (Å²) in [6.45, 7) is 1.31. The molecule has 0 aliphatic heterocycles. The van der Waals surface area contributed by atoms with Crippen molar-refractivity contribution in [3.05, 3.63) is 0 Å². The Morgan fingerprint density at radius 2 is 1.92 bits per heavy atom. The molecule has 0 bridgehead atoms. The Morgan fingerprint density at radius 1 is 1.42 bits per heavy atom. The maximum Gasteiger partial charge on any atom is 0.390 e. The molecule has 0 atom stereocenters. The van der Waals surface area contributed by atoms with Gasteiger partial charge in [-0.1, -0.05) is 5.92 Å². The first-order valence-electron chi connectivity index (χ1n) is 3.65. The van der Waals surface area contributed by atoms with Crippen molar-refractivity contribution in [2.24, 2.45) is 0 Å². The lowest BCUT2D eigenvalue weighted by Gasteiger charge is -2.13. The summed E-state index contributed by atoms with van der Waals surface area (Å²) in [5.41, 5.74) is 0. The average molecular weight is 208 g/mol. The number of terminal acetylenes is 1. The molecule has 0 saturated carbocycles. The third-order valence-electron chi connectivity index (χ3n) is 0.880. The molecule has 0 spiro atoms. The molecule has 0 fully saturated rings. The van der Waals surface area contributed by atoms with Crippen LogP contribution in [0.4, 0.5) is 0 Å². The van der Waals surface area contributed by atoms with Gasteiger partial charge in [-0.2, -0.15) is 0 Å². The molecule has 12 heavy (non-hydrogen) atoms. The number of rotatable bonds is 6. The molecule has 0 heterocycles. The van der Waals surface area contributed by atoms with E-state index < -0.39 is 6.80 Å². The maximum atomic E-state index is 11.6. The zero-order valence-corrected chi connectivity index (χ0v) is 8.99. The molecule has 0 aromatic carbocycles. The maximum absolute atomic E-state index is 11.6. The van der Waals surface area contributed by atoms with Crippen LogP contribution in [-0.4, -0.2) is 19.0 Å². The van der Waals surface area contributed by atoms with Gasteiger partial charge in [0.15, 0.2) is 0 Å². The summed E-state index contributed by atoms with van der Waals surface area (Å²) < 4.78 is 21.5. The summed E-state index contributed by atoms with van der Waals surface area (Å²) in [6, 6.07) is 0. The number of hydrogen-bond donors (Lipinski definition) is 0. The van der Waals surface area contributed by atoms with E-state index in [4.69, 9.17) is 15.5 Å². The fourth-order valence-electron chi connectivity index (χ4n) is 0.544. The second-order valence-corrected chi connectivity index (χ2v) is 5.83. The normalized spacial score (nSPS) is 11.1. The molecule has 0 aliphatic carbocycles. The highest BCUT2D eigenvalue weighted by atomic mass is 32.7. The van der Waals surface area contributed by atoms with Crippen molar-refractivity contribution in [1.82, 2.24) is 0 Å². The lowest BCUT2D eigenvalue weighted by atomic mass is 10.8. The van der Waals surface area contributed by atoms with Crippen molar-refractivity contribution in [3.63, 3.8) is 0 Å². The highest BCUT2D eigenvalue weighted by Gasteiger charge is 2.23. The quantitative estimate of drug-likeness (QED) is 0.496. The van der Waals surface area contributed by atoms with Gasteiger partial charge in [-0.05, 0) is 25.2 Å². The van der Waals surface area contributed by atoms with E-state index in [1.165, 1.54) is 0 Å². The molecule has 0 amide bonds. The van der Waals surface area contributed by atoms with Gasteiger partial charge in [0.25, 0.3) is 0 Å². The van der Waals surface area contributed by atoms with Crippen molar-refractivity contribution < 1.29 is 13.6 Å². The molecule has 0 aromatic heterocycles. The Labute approximate surface area is 77.5 Å². The molecule has 0 radical (unpaired) electrons. The van der Waals surface area contributed by atoms with Crippen LogP contribution in [-0.2, 0) is 13.6 Å². The van der Waals surface area contributed by atoms with E-state index in [-0.39, 0.29) is 0 Å². The smallest absolute Gasteiger partial charge is 0.301 e. The summed E-state index contributed by atoms with van der Waals surface area (Å²) in [6.07, 6.45) is 5.02. The largest absolute Gasteiger partial charge is 0.390 e. The molecular formula is C7H13O3PS. The highest BCUT2D eigenvalue weighted by Crippen LogP contribution is 2.60. The van der Waals surface area contributed by atoms with Crippen molar-refractivity contribution >= 4 is 18.2 Å². The SMILES string of the molecule is C#CCSP(=O)(OCC)OCC. The summed E-state index contributed by atoms with van der Waals surface area (Å²) in [5.74, 6) is 2.72. The number of hydrogen-bond acceptors (Lipinski definition) is 4. The first kappa shape index (κ1) is 12.1. The first-order valence-corrected chi connectivity index (χ1v) is 6.79. The molecule has 0 aliphatic rings. The van der Waals surface area contributed by atoms with Crippen LogP contribution in [0.5, 0.6) is 0 Å². The third-order valence-corrected chi connectivity index (χ3v) is 4.61. The van der Waals surface area contributed by atoms with Crippen LogP contribution in [0.2, 0.25) is 0 Å². The zero-order valence-electron chi connectivity index (χ0n) is 7.28. The molecule has 0 rings (SSSR count). The van der Waals surface area contributed by atoms with E-state index in [0.717, 1.165) is 11.4 Å². The van der Waals surface area contributed by atoms with Crippen LogP contribution in [0.25, 0.3) is 0 Å². The summed E-state index contributed by atoms with van der Waals surface area (Å²) in [4.78, 5) is 0. The van der Waals surface area contributed by atoms with Gasteiger partial charge < -0.3 is 9.05 Å². The Kier molecular flexibility index (Phi) is 6.60. The molecule has 0 saturated heterocycles.